The van der Waals surface area contributed by atoms with Crippen LogP contribution in [-0.4, -0.2) is 42.9 Å². The molecule has 0 bridgehead atoms. The summed E-state index contributed by atoms with van der Waals surface area (Å²) in [4.78, 5) is 15.6. The monoisotopic (exact) mass is 304 g/mol. The Morgan fingerprint density at radius 2 is 2.33 bits per heavy atom. The summed E-state index contributed by atoms with van der Waals surface area (Å²) in [6.07, 6.45) is -1.48. The van der Waals surface area contributed by atoms with Gasteiger partial charge in [0.2, 0.25) is 5.88 Å². The van der Waals surface area contributed by atoms with E-state index in [2.05, 4.69) is 15.0 Å². The number of pyridine rings is 1. The van der Waals surface area contributed by atoms with Gasteiger partial charge in [-0.3, -0.25) is 4.79 Å². The molecule has 0 radical (unpaired) electrons. The fourth-order valence-electron chi connectivity index (χ4n) is 1.94. The van der Waals surface area contributed by atoms with Crippen molar-refractivity contribution in [3.8, 4) is 5.88 Å². The van der Waals surface area contributed by atoms with Crippen LogP contribution in [0.1, 0.15) is 23.2 Å². The number of amides is 1. The van der Waals surface area contributed by atoms with Gasteiger partial charge in [-0.15, -0.1) is 0 Å². The summed E-state index contributed by atoms with van der Waals surface area (Å²) in [6.45, 7) is -0.518. The van der Waals surface area contributed by atoms with Gasteiger partial charge >= 0.3 is 6.18 Å². The lowest BCUT2D eigenvalue weighted by molar-refractivity contribution is -0.154. The van der Waals surface area contributed by atoms with Gasteiger partial charge in [0.15, 0.2) is 6.61 Å². The summed E-state index contributed by atoms with van der Waals surface area (Å²) in [6, 6.07) is 2.82. The Labute approximate surface area is 119 Å². The van der Waals surface area contributed by atoms with E-state index in [9.17, 15) is 18.0 Å². The third kappa shape index (κ3) is 4.89. The normalized spacial score (nSPS) is 18.5. The number of nitrogens with one attached hydrogen (secondary N) is 1. The Kier molecular flexibility index (Phi) is 5.00. The van der Waals surface area contributed by atoms with Crippen LogP contribution in [0.4, 0.5) is 13.2 Å². The molecule has 0 unspecified atom stereocenters. The van der Waals surface area contributed by atoms with Crippen LogP contribution in [0.3, 0.4) is 0 Å². The maximum Gasteiger partial charge on any atom is 0.422 e. The summed E-state index contributed by atoms with van der Waals surface area (Å²) in [7, 11) is 0. The van der Waals surface area contributed by atoms with Crippen molar-refractivity contribution in [3.63, 3.8) is 0 Å². The van der Waals surface area contributed by atoms with Gasteiger partial charge in [-0.05, 0) is 25.0 Å². The summed E-state index contributed by atoms with van der Waals surface area (Å²) in [5.74, 6) is -0.865. The lowest BCUT2D eigenvalue weighted by atomic mass is 10.2. The molecule has 116 valence electrons. The van der Waals surface area contributed by atoms with Crippen molar-refractivity contribution in [3.05, 3.63) is 23.9 Å². The number of carbonyl (C=O) groups excluding carboxylic acids is 1. The number of hydrogen-bond acceptors (Lipinski definition) is 4. The van der Waals surface area contributed by atoms with Crippen LogP contribution in [0.2, 0.25) is 0 Å². The van der Waals surface area contributed by atoms with Crippen molar-refractivity contribution in [2.24, 2.45) is 0 Å². The molecule has 2 heterocycles. The molecule has 2 rings (SSSR count). The average molecular weight is 304 g/mol. The third-order valence-electron chi connectivity index (χ3n) is 2.90. The molecule has 1 aromatic rings. The fraction of sp³-hybridized carbons (Fsp3) is 0.538. The molecule has 1 atom stereocenters. The topological polar surface area (TPSA) is 60.5 Å². The highest BCUT2D eigenvalue weighted by molar-refractivity contribution is 5.96. The van der Waals surface area contributed by atoms with Gasteiger partial charge in [-0.25, -0.2) is 4.98 Å². The minimum atomic E-state index is -4.48. The van der Waals surface area contributed by atoms with Crippen molar-refractivity contribution >= 4 is 5.91 Å². The van der Waals surface area contributed by atoms with Crippen LogP contribution < -0.4 is 10.1 Å². The maximum absolute atomic E-state index is 12.2. The van der Waals surface area contributed by atoms with E-state index in [1.54, 1.807) is 0 Å². The molecule has 1 aliphatic heterocycles. The Morgan fingerprint density at radius 1 is 1.52 bits per heavy atom. The Balaban J connectivity index is 1.95. The minimum absolute atomic E-state index is 0.0280. The predicted octanol–water partition coefficient (Wildman–Crippen LogP) is 1.93. The first kappa shape index (κ1) is 15.6. The molecule has 1 fully saturated rings. The van der Waals surface area contributed by atoms with Gasteiger partial charge in [0.25, 0.3) is 5.91 Å². The molecule has 21 heavy (non-hydrogen) atoms. The molecule has 5 nitrogen and oxygen atoms in total. The van der Waals surface area contributed by atoms with Gasteiger partial charge in [-0.1, -0.05) is 0 Å². The average Bonchev–Trinajstić information content (AvgIpc) is 2.95. The van der Waals surface area contributed by atoms with Gasteiger partial charge < -0.3 is 14.8 Å². The van der Waals surface area contributed by atoms with Crippen molar-refractivity contribution in [1.82, 2.24) is 10.3 Å². The predicted molar refractivity (Wildman–Crippen MR) is 67.1 cm³/mol. The second kappa shape index (κ2) is 6.75. The maximum atomic E-state index is 12.2. The number of alkyl halides is 3. The number of hydrogen-bond donors (Lipinski definition) is 1. The first-order valence-corrected chi connectivity index (χ1v) is 6.50. The second-order valence-corrected chi connectivity index (χ2v) is 4.61. The quantitative estimate of drug-likeness (QED) is 0.903. The zero-order valence-corrected chi connectivity index (χ0v) is 11.2. The van der Waals surface area contributed by atoms with Crippen LogP contribution in [-0.2, 0) is 4.74 Å². The first-order valence-electron chi connectivity index (χ1n) is 6.50. The highest BCUT2D eigenvalue weighted by atomic mass is 19.4. The van der Waals surface area contributed by atoms with Crippen LogP contribution in [0.5, 0.6) is 5.88 Å². The molecule has 0 aromatic carbocycles. The van der Waals surface area contributed by atoms with E-state index in [-0.39, 0.29) is 17.5 Å². The molecular formula is C13H15F3N2O3. The van der Waals surface area contributed by atoms with Gasteiger partial charge in [0, 0.05) is 19.3 Å². The SMILES string of the molecule is O=C(NC[C@H]1CCCO1)c1cccnc1OCC(F)(F)F. The Bertz CT molecular complexity index is 488. The molecule has 0 spiro atoms. The third-order valence-corrected chi connectivity index (χ3v) is 2.90. The number of rotatable bonds is 5. The van der Waals surface area contributed by atoms with E-state index in [4.69, 9.17) is 4.74 Å². The van der Waals surface area contributed by atoms with Crippen LogP contribution in [0.15, 0.2) is 18.3 Å². The summed E-state index contributed by atoms with van der Waals surface area (Å²) >= 11 is 0. The Morgan fingerprint density at radius 3 is 3.00 bits per heavy atom. The van der Waals surface area contributed by atoms with E-state index >= 15 is 0 Å². The fourth-order valence-corrected chi connectivity index (χ4v) is 1.94. The van der Waals surface area contributed by atoms with Gasteiger partial charge in [0.1, 0.15) is 5.56 Å². The van der Waals surface area contributed by atoms with Crippen molar-refractivity contribution < 1.29 is 27.4 Å². The van der Waals surface area contributed by atoms with Crippen LogP contribution >= 0.6 is 0 Å². The van der Waals surface area contributed by atoms with E-state index in [1.807, 2.05) is 0 Å². The molecule has 1 saturated heterocycles. The van der Waals surface area contributed by atoms with Crippen LogP contribution in [0, 0.1) is 0 Å². The molecule has 0 saturated carbocycles. The molecule has 1 N–H and O–H groups in total. The summed E-state index contributed by atoms with van der Waals surface area (Å²) in [5, 5.41) is 2.61. The highest BCUT2D eigenvalue weighted by Gasteiger charge is 2.29. The molecule has 1 aliphatic rings. The molecule has 1 aromatic heterocycles. The molecule has 8 heteroatoms. The largest absolute Gasteiger partial charge is 0.467 e. The van der Waals surface area contributed by atoms with Crippen molar-refractivity contribution in [2.75, 3.05) is 19.8 Å². The zero-order chi connectivity index (χ0) is 15.3. The van der Waals surface area contributed by atoms with E-state index in [0.717, 1.165) is 12.8 Å². The number of aromatic nitrogens is 1. The summed E-state index contributed by atoms with van der Waals surface area (Å²) in [5.41, 5.74) is -0.0280. The number of ether oxygens (including phenoxy) is 2. The number of halogens is 3. The van der Waals surface area contributed by atoms with E-state index in [0.29, 0.717) is 13.2 Å². The molecule has 0 aliphatic carbocycles. The molecule has 1 amide bonds. The van der Waals surface area contributed by atoms with Crippen molar-refractivity contribution in [2.45, 2.75) is 25.1 Å². The van der Waals surface area contributed by atoms with E-state index < -0.39 is 18.7 Å². The smallest absolute Gasteiger partial charge is 0.422 e. The number of nitrogens with zero attached hydrogens (tertiary/aromatic N) is 1. The van der Waals surface area contributed by atoms with Crippen molar-refractivity contribution in [1.29, 1.82) is 0 Å². The lowest BCUT2D eigenvalue weighted by Gasteiger charge is -2.13. The van der Waals surface area contributed by atoms with Gasteiger partial charge in [-0.2, -0.15) is 13.2 Å². The number of carbonyl (C=O) groups is 1. The highest BCUT2D eigenvalue weighted by Crippen LogP contribution is 2.20. The summed E-state index contributed by atoms with van der Waals surface area (Å²) < 4.78 is 46.4. The second-order valence-electron chi connectivity index (χ2n) is 4.61. The first-order chi connectivity index (χ1) is 9.96. The minimum Gasteiger partial charge on any atom is -0.467 e. The lowest BCUT2D eigenvalue weighted by Crippen LogP contribution is -2.32. The van der Waals surface area contributed by atoms with E-state index in [1.165, 1.54) is 18.3 Å². The molecular weight excluding hydrogens is 289 g/mol. The Hall–Kier alpha value is -1.83. The standard InChI is InChI=1S/C13H15F3N2O3/c14-13(15,16)8-21-12-10(4-1-5-17-12)11(19)18-7-9-3-2-6-20-9/h1,4-5,9H,2-3,6-8H2,(H,18,19)/t9-/m1/s1. The van der Waals surface area contributed by atoms with Gasteiger partial charge in [0.05, 0.1) is 6.10 Å². The van der Waals surface area contributed by atoms with Crippen LogP contribution in [0.25, 0.3) is 0 Å². The zero-order valence-electron chi connectivity index (χ0n) is 11.2.